The second kappa shape index (κ2) is 6.32. The van der Waals surface area contributed by atoms with E-state index in [1.165, 1.54) is 0 Å². The van der Waals surface area contributed by atoms with Gasteiger partial charge in [0, 0.05) is 5.02 Å². The second-order valence-corrected chi connectivity index (χ2v) is 6.02. The van der Waals surface area contributed by atoms with Crippen LogP contribution >= 0.6 is 39.1 Å². The third-order valence-electron chi connectivity index (χ3n) is 2.78. The van der Waals surface area contributed by atoms with E-state index in [-0.39, 0.29) is 0 Å². The zero-order chi connectivity index (χ0) is 15.7. The Morgan fingerprint density at radius 1 is 1.23 bits per heavy atom. The number of ether oxygens (including phenoxy) is 1. The molecule has 0 aliphatic carbocycles. The third-order valence-corrected chi connectivity index (χ3v) is 3.74. The lowest BCUT2D eigenvalue weighted by molar-refractivity contribution is 0.176. The van der Waals surface area contributed by atoms with E-state index >= 15 is 0 Å². The minimum Gasteiger partial charge on any atom is -0.479 e. The van der Waals surface area contributed by atoms with Crippen molar-refractivity contribution in [1.82, 2.24) is 10.1 Å². The summed E-state index contributed by atoms with van der Waals surface area (Å²) in [6.07, 6.45) is -0.474. The molecule has 0 saturated heterocycles. The summed E-state index contributed by atoms with van der Waals surface area (Å²) in [7, 11) is 0. The SMILES string of the molecule is C[C@@H](Oc1ccc(Cl)cc1Cl)c1nc(-c2ccc(Br)o2)no1. The van der Waals surface area contributed by atoms with Gasteiger partial charge in [-0.25, -0.2) is 0 Å². The molecule has 0 bridgehead atoms. The van der Waals surface area contributed by atoms with Crippen molar-refractivity contribution >= 4 is 39.1 Å². The van der Waals surface area contributed by atoms with Crippen molar-refractivity contribution in [2.45, 2.75) is 13.0 Å². The van der Waals surface area contributed by atoms with Gasteiger partial charge in [0.2, 0.25) is 5.82 Å². The van der Waals surface area contributed by atoms with Gasteiger partial charge in [-0.05, 0) is 53.2 Å². The highest BCUT2D eigenvalue weighted by Crippen LogP contribution is 2.31. The van der Waals surface area contributed by atoms with Crippen LogP contribution in [-0.4, -0.2) is 10.1 Å². The summed E-state index contributed by atoms with van der Waals surface area (Å²) in [6, 6.07) is 8.46. The molecule has 2 heterocycles. The first-order valence-corrected chi connectivity index (χ1v) is 7.79. The Morgan fingerprint density at radius 3 is 2.73 bits per heavy atom. The molecule has 22 heavy (non-hydrogen) atoms. The van der Waals surface area contributed by atoms with Gasteiger partial charge < -0.3 is 13.7 Å². The fraction of sp³-hybridized carbons (Fsp3) is 0.143. The molecule has 0 aliphatic heterocycles. The highest BCUT2D eigenvalue weighted by atomic mass is 79.9. The third kappa shape index (κ3) is 3.29. The molecule has 0 aliphatic rings. The fourth-order valence-electron chi connectivity index (χ4n) is 1.75. The van der Waals surface area contributed by atoms with E-state index in [2.05, 4.69) is 26.1 Å². The number of hydrogen-bond acceptors (Lipinski definition) is 5. The van der Waals surface area contributed by atoms with Gasteiger partial charge in [0.15, 0.2) is 16.5 Å². The van der Waals surface area contributed by atoms with Crippen LogP contribution < -0.4 is 4.74 Å². The Kier molecular flexibility index (Phi) is 4.42. The lowest BCUT2D eigenvalue weighted by atomic mass is 10.3. The van der Waals surface area contributed by atoms with Crippen LogP contribution in [0, 0.1) is 0 Å². The maximum Gasteiger partial charge on any atom is 0.267 e. The molecule has 0 spiro atoms. The van der Waals surface area contributed by atoms with Gasteiger partial charge in [-0.2, -0.15) is 4.98 Å². The smallest absolute Gasteiger partial charge is 0.267 e. The maximum absolute atomic E-state index is 6.07. The minimum atomic E-state index is -0.474. The van der Waals surface area contributed by atoms with Crippen LogP contribution in [0.5, 0.6) is 5.75 Å². The van der Waals surface area contributed by atoms with Crippen molar-refractivity contribution in [3.05, 3.63) is 50.9 Å². The average Bonchev–Trinajstić information content (AvgIpc) is 3.10. The van der Waals surface area contributed by atoms with Crippen LogP contribution in [0.25, 0.3) is 11.6 Å². The van der Waals surface area contributed by atoms with E-state index < -0.39 is 6.10 Å². The molecule has 3 aromatic rings. The molecule has 0 unspecified atom stereocenters. The predicted molar refractivity (Wildman–Crippen MR) is 85.2 cm³/mol. The summed E-state index contributed by atoms with van der Waals surface area (Å²) in [5.74, 6) is 1.64. The summed E-state index contributed by atoms with van der Waals surface area (Å²) in [5.41, 5.74) is 0. The summed E-state index contributed by atoms with van der Waals surface area (Å²) in [6.45, 7) is 1.78. The van der Waals surface area contributed by atoms with E-state index in [1.807, 2.05) is 0 Å². The quantitative estimate of drug-likeness (QED) is 0.572. The van der Waals surface area contributed by atoms with Crippen LogP contribution in [0.2, 0.25) is 10.0 Å². The van der Waals surface area contributed by atoms with E-state index in [1.54, 1.807) is 37.3 Å². The number of furan rings is 1. The molecule has 0 saturated carbocycles. The Bertz CT molecular complexity index is 803. The van der Waals surface area contributed by atoms with E-state index in [9.17, 15) is 0 Å². The molecule has 8 heteroatoms. The summed E-state index contributed by atoms with van der Waals surface area (Å²) < 4.78 is 16.9. The van der Waals surface area contributed by atoms with Crippen molar-refractivity contribution < 1.29 is 13.7 Å². The normalized spacial score (nSPS) is 12.4. The van der Waals surface area contributed by atoms with Crippen molar-refractivity contribution in [1.29, 1.82) is 0 Å². The van der Waals surface area contributed by atoms with Crippen molar-refractivity contribution in [2.75, 3.05) is 0 Å². The predicted octanol–water partition coefficient (Wildman–Crippen LogP) is 5.54. The number of halogens is 3. The van der Waals surface area contributed by atoms with Gasteiger partial charge in [0.1, 0.15) is 5.75 Å². The number of nitrogens with zero attached hydrogens (tertiary/aromatic N) is 2. The van der Waals surface area contributed by atoms with Gasteiger partial charge in [0.25, 0.3) is 5.89 Å². The van der Waals surface area contributed by atoms with Crippen LogP contribution in [0.4, 0.5) is 0 Å². The van der Waals surface area contributed by atoms with Crippen molar-refractivity contribution in [2.24, 2.45) is 0 Å². The first-order chi connectivity index (χ1) is 10.5. The monoisotopic (exact) mass is 402 g/mol. The van der Waals surface area contributed by atoms with Crippen LogP contribution in [-0.2, 0) is 0 Å². The first-order valence-electron chi connectivity index (χ1n) is 6.24. The molecular formula is C14H9BrCl2N2O3. The van der Waals surface area contributed by atoms with Gasteiger partial charge >= 0.3 is 0 Å². The molecule has 1 aromatic carbocycles. The number of hydrogen-bond donors (Lipinski definition) is 0. The van der Waals surface area contributed by atoms with Crippen molar-refractivity contribution in [3.63, 3.8) is 0 Å². The van der Waals surface area contributed by atoms with Crippen LogP contribution in [0.3, 0.4) is 0 Å². The van der Waals surface area contributed by atoms with E-state index in [0.717, 1.165) is 0 Å². The lowest BCUT2D eigenvalue weighted by Crippen LogP contribution is -2.03. The first kappa shape index (κ1) is 15.4. The molecule has 5 nitrogen and oxygen atoms in total. The topological polar surface area (TPSA) is 61.3 Å². The zero-order valence-corrected chi connectivity index (χ0v) is 14.3. The number of benzene rings is 1. The molecule has 1 atom stereocenters. The molecule has 0 fully saturated rings. The van der Waals surface area contributed by atoms with Crippen LogP contribution in [0.1, 0.15) is 18.9 Å². The van der Waals surface area contributed by atoms with Gasteiger partial charge in [-0.15, -0.1) is 0 Å². The zero-order valence-electron chi connectivity index (χ0n) is 11.2. The molecule has 3 rings (SSSR count). The Morgan fingerprint density at radius 2 is 2.05 bits per heavy atom. The van der Waals surface area contributed by atoms with Gasteiger partial charge in [-0.3, -0.25) is 0 Å². The minimum absolute atomic E-state index is 0.313. The number of rotatable bonds is 4. The maximum atomic E-state index is 6.07. The molecule has 0 radical (unpaired) electrons. The van der Waals surface area contributed by atoms with Gasteiger partial charge in [0.05, 0.1) is 5.02 Å². The Balaban J connectivity index is 1.78. The average molecular weight is 404 g/mol. The fourth-order valence-corrected chi connectivity index (χ4v) is 2.51. The summed E-state index contributed by atoms with van der Waals surface area (Å²) in [5, 5.41) is 4.81. The van der Waals surface area contributed by atoms with Crippen molar-refractivity contribution in [3.8, 4) is 17.3 Å². The molecular weight excluding hydrogens is 395 g/mol. The largest absolute Gasteiger partial charge is 0.479 e. The highest BCUT2D eigenvalue weighted by molar-refractivity contribution is 9.10. The van der Waals surface area contributed by atoms with Crippen LogP contribution in [0.15, 0.2) is 43.9 Å². The number of aromatic nitrogens is 2. The molecule has 0 amide bonds. The van der Waals surface area contributed by atoms with E-state index in [4.69, 9.17) is 36.9 Å². The Labute approximate surface area is 144 Å². The second-order valence-electron chi connectivity index (χ2n) is 4.39. The lowest BCUT2D eigenvalue weighted by Gasteiger charge is -2.12. The molecule has 2 aromatic heterocycles. The Hall–Kier alpha value is -1.50. The summed E-state index contributed by atoms with van der Waals surface area (Å²) >= 11 is 15.1. The summed E-state index contributed by atoms with van der Waals surface area (Å²) in [4.78, 5) is 4.25. The van der Waals surface area contributed by atoms with Gasteiger partial charge in [-0.1, -0.05) is 28.4 Å². The molecule has 114 valence electrons. The standard InChI is InChI=1S/C14H9BrCl2N2O3/c1-7(20-10-3-2-8(16)6-9(10)17)14-18-13(19-22-14)11-4-5-12(15)21-11/h2-7H,1H3/t7-/m1/s1. The van der Waals surface area contributed by atoms with E-state index in [0.29, 0.717) is 37.9 Å². The highest BCUT2D eigenvalue weighted by Gasteiger charge is 2.19. The molecule has 0 N–H and O–H groups in total.